The number of carbonyl (C=O) groups is 2. The molecule has 2 aromatic heterocycles. The summed E-state index contributed by atoms with van der Waals surface area (Å²) in [6.45, 7) is 1.97. The summed E-state index contributed by atoms with van der Waals surface area (Å²) in [4.78, 5) is 23.1. The highest BCUT2D eigenvalue weighted by Crippen LogP contribution is 2.14. The maximum absolute atomic E-state index is 11.6. The summed E-state index contributed by atoms with van der Waals surface area (Å²) in [7, 11) is 0. The highest BCUT2D eigenvalue weighted by molar-refractivity contribution is 7.07. The van der Waals surface area contributed by atoms with E-state index in [9.17, 15) is 14.7 Å². The van der Waals surface area contributed by atoms with Gasteiger partial charge < -0.3 is 20.2 Å². The molecule has 0 aliphatic rings. The molecule has 1 atom stereocenters. The first-order valence-electron chi connectivity index (χ1n) is 6.38. The van der Waals surface area contributed by atoms with Crippen LogP contribution in [0.1, 0.15) is 23.2 Å². The number of thiophene rings is 1. The number of nitrogens with one attached hydrogen (secondary N) is 2. The highest BCUT2D eigenvalue weighted by Gasteiger charge is 2.17. The SMILES string of the molecule is Cc1ccc(C(O)CNC(=O)C(=O)NCc2ccsc2)o1. The number of furan rings is 1. The maximum atomic E-state index is 11.6. The third-order valence-corrected chi connectivity index (χ3v) is 3.52. The van der Waals surface area contributed by atoms with Crippen LogP contribution in [0.4, 0.5) is 0 Å². The fourth-order valence-corrected chi connectivity index (χ4v) is 2.33. The summed E-state index contributed by atoms with van der Waals surface area (Å²) in [6, 6.07) is 5.21. The Morgan fingerprint density at radius 2 is 2.05 bits per heavy atom. The lowest BCUT2D eigenvalue weighted by atomic mass is 10.2. The Hall–Kier alpha value is -2.12. The summed E-state index contributed by atoms with van der Waals surface area (Å²) in [5.74, 6) is -0.494. The molecule has 2 rings (SSSR count). The van der Waals surface area contributed by atoms with Crippen molar-refractivity contribution in [2.24, 2.45) is 0 Å². The molecule has 0 saturated heterocycles. The van der Waals surface area contributed by atoms with Crippen LogP contribution < -0.4 is 10.6 Å². The fourth-order valence-electron chi connectivity index (χ4n) is 1.66. The van der Waals surface area contributed by atoms with Crippen molar-refractivity contribution in [1.29, 1.82) is 0 Å². The van der Waals surface area contributed by atoms with E-state index in [0.29, 0.717) is 18.1 Å². The minimum absolute atomic E-state index is 0.0857. The van der Waals surface area contributed by atoms with Crippen LogP contribution in [0.25, 0.3) is 0 Å². The molecule has 0 radical (unpaired) electrons. The molecule has 21 heavy (non-hydrogen) atoms. The summed E-state index contributed by atoms with van der Waals surface area (Å²) < 4.78 is 5.23. The van der Waals surface area contributed by atoms with Crippen molar-refractivity contribution < 1.29 is 19.1 Å². The Morgan fingerprint density at radius 1 is 1.29 bits per heavy atom. The van der Waals surface area contributed by atoms with Crippen LogP contribution in [0.3, 0.4) is 0 Å². The van der Waals surface area contributed by atoms with Gasteiger partial charge in [-0.05, 0) is 41.4 Å². The van der Waals surface area contributed by atoms with Crippen molar-refractivity contribution in [2.75, 3.05) is 6.54 Å². The van der Waals surface area contributed by atoms with Crippen molar-refractivity contribution in [3.05, 3.63) is 46.0 Å². The Bertz CT molecular complexity index is 606. The normalized spacial score (nSPS) is 11.9. The van der Waals surface area contributed by atoms with E-state index in [1.54, 1.807) is 19.1 Å². The molecular weight excluding hydrogens is 292 g/mol. The molecule has 0 saturated carbocycles. The minimum atomic E-state index is -0.979. The van der Waals surface area contributed by atoms with Crippen LogP contribution in [0.15, 0.2) is 33.4 Å². The van der Waals surface area contributed by atoms with Crippen molar-refractivity contribution in [3.63, 3.8) is 0 Å². The molecule has 0 fully saturated rings. The zero-order valence-corrected chi connectivity index (χ0v) is 12.3. The van der Waals surface area contributed by atoms with Crippen LogP contribution in [0, 0.1) is 6.92 Å². The average Bonchev–Trinajstić information content (AvgIpc) is 3.13. The molecule has 2 heterocycles. The summed E-state index contributed by atoms with van der Waals surface area (Å²) in [6.07, 6.45) is -0.979. The minimum Gasteiger partial charge on any atom is -0.464 e. The van der Waals surface area contributed by atoms with Gasteiger partial charge in [0, 0.05) is 6.54 Å². The van der Waals surface area contributed by atoms with Crippen molar-refractivity contribution in [1.82, 2.24) is 10.6 Å². The molecule has 0 aromatic carbocycles. The van der Waals surface area contributed by atoms with Crippen LogP contribution in [0.5, 0.6) is 0 Å². The predicted molar refractivity (Wildman–Crippen MR) is 77.6 cm³/mol. The van der Waals surface area contributed by atoms with Crippen LogP contribution in [-0.4, -0.2) is 23.5 Å². The van der Waals surface area contributed by atoms with Crippen molar-refractivity contribution >= 4 is 23.2 Å². The molecule has 1 unspecified atom stereocenters. The Kier molecular flexibility index (Phi) is 5.13. The zero-order chi connectivity index (χ0) is 15.2. The van der Waals surface area contributed by atoms with E-state index in [0.717, 1.165) is 5.56 Å². The summed E-state index contributed by atoms with van der Waals surface area (Å²) in [5, 5.41) is 18.5. The molecule has 112 valence electrons. The molecule has 7 heteroatoms. The number of rotatable bonds is 5. The molecular formula is C14H16N2O4S. The smallest absolute Gasteiger partial charge is 0.309 e. The Morgan fingerprint density at radius 3 is 2.67 bits per heavy atom. The van der Waals surface area contributed by atoms with Crippen molar-refractivity contribution in [2.45, 2.75) is 19.6 Å². The summed E-state index contributed by atoms with van der Waals surface area (Å²) in [5.41, 5.74) is 0.937. The molecule has 2 aromatic rings. The standard InChI is InChI=1S/C14H16N2O4S/c1-9-2-3-12(20-9)11(17)7-16-14(19)13(18)15-6-10-4-5-21-8-10/h2-5,8,11,17H,6-7H2,1H3,(H,15,18)(H,16,19). The van der Waals surface area contributed by atoms with E-state index in [-0.39, 0.29) is 6.54 Å². The molecule has 3 N–H and O–H groups in total. The summed E-state index contributed by atoms with van der Waals surface area (Å²) >= 11 is 1.52. The van der Waals surface area contributed by atoms with Gasteiger partial charge in [-0.15, -0.1) is 0 Å². The first-order valence-corrected chi connectivity index (χ1v) is 7.32. The van der Waals surface area contributed by atoms with Crippen LogP contribution in [-0.2, 0) is 16.1 Å². The second-order valence-corrected chi connectivity index (χ2v) is 5.27. The molecule has 6 nitrogen and oxygen atoms in total. The van der Waals surface area contributed by atoms with E-state index in [1.165, 1.54) is 11.3 Å². The van der Waals surface area contributed by atoms with E-state index in [2.05, 4.69) is 10.6 Å². The molecule has 0 bridgehead atoms. The molecule has 0 aliphatic heterocycles. The fraction of sp³-hybridized carbons (Fsp3) is 0.286. The first kappa shape index (κ1) is 15.3. The number of aliphatic hydroxyl groups excluding tert-OH is 1. The van der Waals surface area contributed by atoms with Gasteiger partial charge in [-0.2, -0.15) is 11.3 Å². The third kappa shape index (κ3) is 4.44. The monoisotopic (exact) mass is 308 g/mol. The largest absolute Gasteiger partial charge is 0.464 e. The lowest BCUT2D eigenvalue weighted by Gasteiger charge is -2.09. The van der Waals surface area contributed by atoms with Gasteiger partial charge >= 0.3 is 11.8 Å². The van der Waals surface area contributed by atoms with Gasteiger partial charge in [0.2, 0.25) is 0 Å². The first-order chi connectivity index (χ1) is 10.1. The van der Waals surface area contributed by atoms with Gasteiger partial charge in [0.05, 0.1) is 6.54 Å². The van der Waals surface area contributed by atoms with Gasteiger partial charge in [0.25, 0.3) is 0 Å². The molecule has 2 amide bonds. The van der Waals surface area contributed by atoms with E-state index >= 15 is 0 Å². The zero-order valence-electron chi connectivity index (χ0n) is 11.5. The van der Waals surface area contributed by atoms with Gasteiger partial charge in [-0.1, -0.05) is 0 Å². The van der Waals surface area contributed by atoms with Gasteiger partial charge in [-0.3, -0.25) is 9.59 Å². The number of aryl methyl sites for hydroxylation is 1. The van der Waals surface area contributed by atoms with E-state index in [1.807, 2.05) is 16.8 Å². The topological polar surface area (TPSA) is 91.6 Å². The molecule has 0 aliphatic carbocycles. The van der Waals surface area contributed by atoms with Crippen LogP contribution in [0.2, 0.25) is 0 Å². The lowest BCUT2D eigenvalue weighted by Crippen LogP contribution is -2.41. The number of hydrogen-bond donors (Lipinski definition) is 3. The average molecular weight is 308 g/mol. The number of aliphatic hydroxyl groups is 1. The Labute approximate surface area is 125 Å². The van der Waals surface area contributed by atoms with Gasteiger partial charge in [-0.25, -0.2) is 0 Å². The van der Waals surface area contributed by atoms with E-state index < -0.39 is 17.9 Å². The third-order valence-electron chi connectivity index (χ3n) is 2.78. The predicted octanol–water partition coefficient (Wildman–Crippen LogP) is 1.12. The Balaban J connectivity index is 1.74. The number of carbonyl (C=O) groups excluding carboxylic acids is 2. The van der Waals surface area contributed by atoms with E-state index in [4.69, 9.17) is 4.42 Å². The van der Waals surface area contributed by atoms with Crippen molar-refractivity contribution in [3.8, 4) is 0 Å². The quantitative estimate of drug-likeness (QED) is 0.722. The van der Waals surface area contributed by atoms with Crippen LogP contribution >= 0.6 is 11.3 Å². The highest BCUT2D eigenvalue weighted by atomic mass is 32.1. The second-order valence-electron chi connectivity index (χ2n) is 4.49. The number of amides is 2. The second kappa shape index (κ2) is 7.05. The van der Waals surface area contributed by atoms with Gasteiger partial charge in [0.1, 0.15) is 17.6 Å². The lowest BCUT2D eigenvalue weighted by molar-refractivity contribution is -0.139. The number of hydrogen-bond acceptors (Lipinski definition) is 5. The van der Waals surface area contributed by atoms with Gasteiger partial charge in [0.15, 0.2) is 0 Å². The maximum Gasteiger partial charge on any atom is 0.309 e. The molecule has 0 spiro atoms.